The Labute approximate surface area is 142 Å². The Bertz CT molecular complexity index is 732. The minimum atomic E-state index is -0.378. The van der Waals surface area contributed by atoms with Crippen LogP contribution in [0.2, 0.25) is 0 Å². The lowest BCUT2D eigenvalue weighted by atomic mass is 10.2. The predicted octanol–water partition coefficient (Wildman–Crippen LogP) is 3.89. The molecule has 2 rings (SSSR count). The second-order valence-electron chi connectivity index (χ2n) is 5.12. The fraction of sp³-hybridized carbons (Fsp3) is 0.176. The van der Waals surface area contributed by atoms with Gasteiger partial charge in [0, 0.05) is 17.1 Å². The van der Waals surface area contributed by atoms with Gasteiger partial charge >= 0.3 is 0 Å². The summed E-state index contributed by atoms with van der Waals surface area (Å²) in [7, 11) is 0. The van der Waals surface area contributed by atoms with Crippen LogP contribution in [0.1, 0.15) is 12.5 Å². The molecule has 0 heterocycles. The molecule has 0 saturated heterocycles. The van der Waals surface area contributed by atoms with E-state index in [2.05, 4.69) is 21.2 Å². The molecule has 0 spiro atoms. The Hall–Kier alpha value is -2.21. The Balaban J connectivity index is 2.14. The van der Waals surface area contributed by atoms with Gasteiger partial charge in [-0.05, 0) is 64.8 Å². The van der Waals surface area contributed by atoms with Gasteiger partial charge in [-0.15, -0.1) is 0 Å². The number of hydrogen-bond acceptors (Lipinski definition) is 2. The summed E-state index contributed by atoms with van der Waals surface area (Å²) in [6.45, 7) is 3.21. The molecule has 0 atom stereocenters. The van der Waals surface area contributed by atoms with Crippen LogP contribution in [0.25, 0.3) is 0 Å². The number of nitrogens with zero attached hydrogens (tertiary/aromatic N) is 1. The van der Waals surface area contributed by atoms with E-state index in [1.54, 1.807) is 6.07 Å². The first-order chi connectivity index (χ1) is 10.9. The second-order valence-corrected chi connectivity index (χ2v) is 5.97. The molecule has 0 aliphatic rings. The highest BCUT2D eigenvalue weighted by Crippen LogP contribution is 2.27. The molecule has 1 N–H and O–H groups in total. The summed E-state index contributed by atoms with van der Waals surface area (Å²) in [6, 6.07) is 11.0. The number of carbonyl (C=O) groups excluding carboxylic acids is 2. The predicted molar refractivity (Wildman–Crippen MR) is 91.9 cm³/mol. The third kappa shape index (κ3) is 4.63. The summed E-state index contributed by atoms with van der Waals surface area (Å²) in [6.07, 6.45) is 0. The van der Waals surface area contributed by atoms with Crippen molar-refractivity contribution in [3.05, 3.63) is 58.3 Å². The van der Waals surface area contributed by atoms with Gasteiger partial charge in [0.25, 0.3) is 0 Å². The van der Waals surface area contributed by atoms with Gasteiger partial charge < -0.3 is 10.2 Å². The van der Waals surface area contributed by atoms with Crippen LogP contribution in [-0.4, -0.2) is 18.4 Å². The summed E-state index contributed by atoms with van der Waals surface area (Å²) in [5.41, 5.74) is 2.14. The smallest absolute Gasteiger partial charge is 0.244 e. The zero-order valence-corrected chi connectivity index (χ0v) is 14.4. The fourth-order valence-electron chi connectivity index (χ4n) is 2.07. The molecule has 0 aliphatic heterocycles. The maximum Gasteiger partial charge on any atom is 0.244 e. The van der Waals surface area contributed by atoms with Crippen molar-refractivity contribution in [2.24, 2.45) is 0 Å². The number of halogens is 2. The van der Waals surface area contributed by atoms with E-state index in [1.165, 1.54) is 36.1 Å². The Morgan fingerprint density at radius 2 is 1.83 bits per heavy atom. The van der Waals surface area contributed by atoms with Crippen LogP contribution in [0.5, 0.6) is 0 Å². The molecular weight excluding hydrogens is 363 g/mol. The highest BCUT2D eigenvalue weighted by molar-refractivity contribution is 9.10. The van der Waals surface area contributed by atoms with Crippen molar-refractivity contribution < 1.29 is 14.0 Å². The molecule has 2 aromatic carbocycles. The van der Waals surface area contributed by atoms with E-state index in [0.717, 1.165) is 10.0 Å². The quantitative estimate of drug-likeness (QED) is 0.877. The molecular formula is C17H16BrFN2O2. The Kier molecular flexibility index (Phi) is 5.50. The van der Waals surface area contributed by atoms with Crippen LogP contribution in [-0.2, 0) is 9.59 Å². The maximum atomic E-state index is 12.9. The van der Waals surface area contributed by atoms with Gasteiger partial charge in [0.1, 0.15) is 12.4 Å². The molecule has 2 amide bonds. The summed E-state index contributed by atoms with van der Waals surface area (Å²) in [5.74, 6) is -0.986. The van der Waals surface area contributed by atoms with Gasteiger partial charge in [-0.1, -0.05) is 6.07 Å². The van der Waals surface area contributed by atoms with Crippen molar-refractivity contribution in [3.63, 3.8) is 0 Å². The lowest BCUT2D eigenvalue weighted by Gasteiger charge is -2.22. The fourth-order valence-corrected chi connectivity index (χ4v) is 2.78. The molecule has 0 aromatic heterocycles. The van der Waals surface area contributed by atoms with Crippen molar-refractivity contribution in [2.75, 3.05) is 16.8 Å². The van der Waals surface area contributed by atoms with Crippen LogP contribution in [0.15, 0.2) is 46.9 Å². The number of aryl methyl sites for hydroxylation is 1. The van der Waals surface area contributed by atoms with Crippen molar-refractivity contribution in [2.45, 2.75) is 13.8 Å². The first kappa shape index (κ1) is 17.1. The maximum absolute atomic E-state index is 12.9. The molecule has 2 aromatic rings. The van der Waals surface area contributed by atoms with Gasteiger partial charge in [-0.2, -0.15) is 0 Å². The summed E-state index contributed by atoms with van der Waals surface area (Å²) >= 11 is 3.41. The lowest BCUT2D eigenvalue weighted by molar-refractivity contribution is -0.120. The summed E-state index contributed by atoms with van der Waals surface area (Å²) < 4.78 is 13.6. The number of carbonyl (C=O) groups is 2. The first-order valence-electron chi connectivity index (χ1n) is 6.96. The van der Waals surface area contributed by atoms with Gasteiger partial charge in [0.2, 0.25) is 11.8 Å². The van der Waals surface area contributed by atoms with E-state index in [1.807, 2.05) is 19.1 Å². The van der Waals surface area contributed by atoms with Gasteiger partial charge in [-0.25, -0.2) is 4.39 Å². The van der Waals surface area contributed by atoms with E-state index in [-0.39, 0.29) is 24.2 Å². The van der Waals surface area contributed by atoms with E-state index < -0.39 is 0 Å². The first-order valence-corrected chi connectivity index (χ1v) is 7.76. The molecule has 0 unspecified atom stereocenters. The van der Waals surface area contributed by atoms with Gasteiger partial charge in [-0.3, -0.25) is 9.59 Å². The summed E-state index contributed by atoms with van der Waals surface area (Å²) in [4.78, 5) is 25.4. The van der Waals surface area contributed by atoms with Crippen molar-refractivity contribution in [1.29, 1.82) is 0 Å². The average Bonchev–Trinajstić information content (AvgIpc) is 2.48. The third-order valence-electron chi connectivity index (χ3n) is 3.20. The third-order valence-corrected chi connectivity index (χ3v) is 3.84. The number of benzene rings is 2. The van der Waals surface area contributed by atoms with Crippen LogP contribution < -0.4 is 10.2 Å². The van der Waals surface area contributed by atoms with Crippen LogP contribution in [0, 0.1) is 12.7 Å². The molecule has 0 saturated carbocycles. The molecule has 0 fully saturated rings. The molecule has 0 aliphatic carbocycles. The standard InChI is InChI=1S/C17H16BrFN2O2/c1-11-3-8-16(15(18)9-11)21(12(2)22)10-17(23)20-14-6-4-13(19)5-7-14/h3-9H,10H2,1-2H3,(H,20,23). The van der Waals surface area contributed by atoms with Crippen molar-refractivity contribution in [3.8, 4) is 0 Å². The number of hydrogen-bond donors (Lipinski definition) is 1. The SMILES string of the molecule is CC(=O)N(CC(=O)Nc1ccc(F)cc1)c1ccc(C)cc1Br. The zero-order chi connectivity index (χ0) is 17.0. The Morgan fingerprint density at radius 1 is 1.17 bits per heavy atom. The average molecular weight is 379 g/mol. The molecule has 0 bridgehead atoms. The highest BCUT2D eigenvalue weighted by atomic mass is 79.9. The lowest BCUT2D eigenvalue weighted by Crippen LogP contribution is -2.36. The van der Waals surface area contributed by atoms with E-state index >= 15 is 0 Å². The summed E-state index contributed by atoms with van der Waals surface area (Å²) in [5, 5.41) is 2.64. The topological polar surface area (TPSA) is 49.4 Å². The monoisotopic (exact) mass is 378 g/mol. The number of amides is 2. The van der Waals surface area contributed by atoms with Gasteiger partial charge in [0.15, 0.2) is 0 Å². The Morgan fingerprint density at radius 3 is 2.39 bits per heavy atom. The highest BCUT2D eigenvalue weighted by Gasteiger charge is 2.18. The molecule has 0 radical (unpaired) electrons. The van der Waals surface area contributed by atoms with E-state index in [9.17, 15) is 14.0 Å². The largest absolute Gasteiger partial charge is 0.325 e. The molecule has 23 heavy (non-hydrogen) atoms. The van der Waals surface area contributed by atoms with Crippen molar-refractivity contribution in [1.82, 2.24) is 0 Å². The van der Waals surface area contributed by atoms with Crippen LogP contribution in [0.3, 0.4) is 0 Å². The van der Waals surface area contributed by atoms with Crippen LogP contribution >= 0.6 is 15.9 Å². The van der Waals surface area contributed by atoms with Gasteiger partial charge in [0.05, 0.1) is 5.69 Å². The zero-order valence-electron chi connectivity index (χ0n) is 12.8. The molecule has 120 valence electrons. The number of anilines is 2. The number of rotatable bonds is 4. The van der Waals surface area contributed by atoms with Crippen molar-refractivity contribution >= 4 is 39.1 Å². The van der Waals surface area contributed by atoms with E-state index in [0.29, 0.717) is 11.4 Å². The van der Waals surface area contributed by atoms with E-state index in [4.69, 9.17) is 0 Å². The minimum Gasteiger partial charge on any atom is -0.325 e. The molecule has 6 heteroatoms. The van der Waals surface area contributed by atoms with Crippen LogP contribution in [0.4, 0.5) is 15.8 Å². The minimum absolute atomic E-state index is 0.131. The normalized spacial score (nSPS) is 10.3. The second kappa shape index (κ2) is 7.37. The number of nitrogens with one attached hydrogen (secondary N) is 1. The molecule has 4 nitrogen and oxygen atoms in total.